The molecule has 0 bridgehead atoms. The fourth-order valence-electron chi connectivity index (χ4n) is 1.29. The number of rotatable bonds is 2. The molecule has 0 aromatic carbocycles. The first kappa shape index (κ1) is 8.93. The molecule has 0 spiro atoms. The summed E-state index contributed by atoms with van der Waals surface area (Å²) in [5.41, 5.74) is 0. The lowest BCUT2D eigenvalue weighted by Crippen LogP contribution is -2.55. The van der Waals surface area contributed by atoms with E-state index < -0.39 is 0 Å². The second kappa shape index (κ2) is 3.61. The molecule has 74 valence electrons. The van der Waals surface area contributed by atoms with Gasteiger partial charge >= 0.3 is 0 Å². The van der Waals surface area contributed by atoms with Crippen LogP contribution in [0.5, 0.6) is 5.88 Å². The van der Waals surface area contributed by atoms with E-state index in [1.165, 1.54) is 6.33 Å². The molecule has 0 unspecified atom stereocenters. The Hall–Kier alpha value is -1.65. The zero-order chi connectivity index (χ0) is 9.97. The number of nitrogens with zero attached hydrogens (tertiary/aromatic N) is 3. The van der Waals surface area contributed by atoms with Gasteiger partial charge in [-0.3, -0.25) is 4.79 Å². The summed E-state index contributed by atoms with van der Waals surface area (Å²) >= 11 is 0. The number of aromatic nitrogens is 2. The van der Waals surface area contributed by atoms with Crippen LogP contribution in [0, 0.1) is 0 Å². The zero-order valence-electron chi connectivity index (χ0n) is 7.88. The molecule has 1 amide bonds. The quantitative estimate of drug-likeness (QED) is 0.667. The molecule has 0 radical (unpaired) electrons. The van der Waals surface area contributed by atoms with Gasteiger partial charge in [-0.05, 0) is 0 Å². The third-order valence-electron chi connectivity index (χ3n) is 2.14. The summed E-state index contributed by atoms with van der Waals surface area (Å²) < 4.78 is 5.49. The predicted molar refractivity (Wildman–Crippen MR) is 48.7 cm³/mol. The molecule has 0 aliphatic carbocycles. The SMILES string of the molecule is CC(=O)N1CC(Oc2ccncn2)C1. The average molecular weight is 193 g/mol. The van der Waals surface area contributed by atoms with Crippen LogP contribution in [0.4, 0.5) is 0 Å². The number of hydrogen-bond donors (Lipinski definition) is 0. The minimum absolute atomic E-state index is 0.0776. The van der Waals surface area contributed by atoms with Crippen LogP contribution in [0.15, 0.2) is 18.6 Å². The number of likely N-dealkylation sites (tertiary alicyclic amines) is 1. The molecule has 1 aromatic rings. The molecule has 1 aliphatic heterocycles. The highest BCUT2D eigenvalue weighted by molar-refractivity contribution is 5.74. The third-order valence-corrected chi connectivity index (χ3v) is 2.14. The van der Waals surface area contributed by atoms with Crippen molar-refractivity contribution < 1.29 is 9.53 Å². The van der Waals surface area contributed by atoms with Gasteiger partial charge in [-0.1, -0.05) is 0 Å². The van der Waals surface area contributed by atoms with E-state index in [1.807, 2.05) is 0 Å². The Kier molecular flexibility index (Phi) is 2.30. The normalized spacial score (nSPS) is 16.2. The summed E-state index contributed by atoms with van der Waals surface area (Å²) in [4.78, 5) is 20.3. The van der Waals surface area contributed by atoms with E-state index in [4.69, 9.17) is 4.74 Å². The van der Waals surface area contributed by atoms with Crippen molar-refractivity contribution in [3.8, 4) is 5.88 Å². The summed E-state index contributed by atoms with van der Waals surface area (Å²) in [6, 6.07) is 1.70. The molecular formula is C9H11N3O2. The highest BCUT2D eigenvalue weighted by Gasteiger charge is 2.30. The Labute approximate surface area is 81.7 Å². The first-order valence-electron chi connectivity index (χ1n) is 4.44. The van der Waals surface area contributed by atoms with Gasteiger partial charge in [0, 0.05) is 19.2 Å². The maximum absolute atomic E-state index is 10.9. The van der Waals surface area contributed by atoms with Gasteiger partial charge in [0.15, 0.2) is 0 Å². The largest absolute Gasteiger partial charge is 0.470 e. The van der Waals surface area contributed by atoms with Gasteiger partial charge in [0.25, 0.3) is 0 Å². The minimum atomic E-state index is 0.0776. The Bertz CT molecular complexity index is 322. The van der Waals surface area contributed by atoms with Gasteiger partial charge in [-0.2, -0.15) is 0 Å². The van der Waals surface area contributed by atoms with Crippen LogP contribution in [-0.4, -0.2) is 40.0 Å². The molecule has 2 heterocycles. The second-order valence-electron chi connectivity index (χ2n) is 3.21. The monoisotopic (exact) mass is 193 g/mol. The van der Waals surface area contributed by atoms with Crippen molar-refractivity contribution >= 4 is 5.91 Å². The molecule has 2 rings (SSSR count). The highest BCUT2D eigenvalue weighted by Crippen LogP contribution is 2.14. The van der Waals surface area contributed by atoms with Crippen molar-refractivity contribution in [2.24, 2.45) is 0 Å². The number of carbonyl (C=O) groups excluding carboxylic acids is 1. The summed E-state index contributed by atoms with van der Waals surface area (Å²) in [6.07, 6.45) is 3.15. The molecule has 5 heteroatoms. The van der Waals surface area contributed by atoms with Crippen molar-refractivity contribution in [2.45, 2.75) is 13.0 Å². The average Bonchev–Trinajstić information content (AvgIpc) is 2.12. The van der Waals surface area contributed by atoms with E-state index in [0.717, 1.165) is 0 Å². The Morgan fingerprint density at radius 2 is 2.43 bits per heavy atom. The lowest BCUT2D eigenvalue weighted by Gasteiger charge is -2.37. The lowest BCUT2D eigenvalue weighted by atomic mass is 10.2. The van der Waals surface area contributed by atoms with Crippen molar-refractivity contribution in [1.82, 2.24) is 14.9 Å². The van der Waals surface area contributed by atoms with Gasteiger partial charge < -0.3 is 9.64 Å². The van der Waals surface area contributed by atoms with Crippen LogP contribution in [0.3, 0.4) is 0 Å². The van der Waals surface area contributed by atoms with Gasteiger partial charge in [-0.15, -0.1) is 0 Å². The molecular weight excluding hydrogens is 182 g/mol. The van der Waals surface area contributed by atoms with E-state index in [9.17, 15) is 4.79 Å². The van der Waals surface area contributed by atoms with Crippen molar-refractivity contribution in [3.63, 3.8) is 0 Å². The van der Waals surface area contributed by atoms with Crippen LogP contribution in [-0.2, 0) is 4.79 Å². The van der Waals surface area contributed by atoms with E-state index in [2.05, 4.69) is 9.97 Å². The Morgan fingerprint density at radius 1 is 1.64 bits per heavy atom. The standard InChI is InChI=1S/C9H11N3O2/c1-7(13)12-4-8(5-12)14-9-2-3-10-6-11-9/h2-3,6,8H,4-5H2,1H3. The summed E-state index contributed by atoms with van der Waals surface area (Å²) in [7, 11) is 0. The van der Waals surface area contributed by atoms with E-state index in [0.29, 0.717) is 19.0 Å². The first-order valence-corrected chi connectivity index (χ1v) is 4.44. The van der Waals surface area contributed by atoms with E-state index >= 15 is 0 Å². The highest BCUT2D eigenvalue weighted by atomic mass is 16.5. The maximum atomic E-state index is 10.9. The first-order chi connectivity index (χ1) is 6.75. The molecule has 1 aromatic heterocycles. The molecule has 1 fully saturated rings. The number of amides is 1. The number of hydrogen-bond acceptors (Lipinski definition) is 4. The van der Waals surface area contributed by atoms with Gasteiger partial charge in [0.05, 0.1) is 13.1 Å². The van der Waals surface area contributed by atoms with Crippen molar-refractivity contribution in [1.29, 1.82) is 0 Å². The topological polar surface area (TPSA) is 55.3 Å². The molecule has 14 heavy (non-hydrogen) atoms. The molecule has 0 saturated carbocycles. The summed E-state index contributed by atoms with van der Waals surface area (Å²) in [6.45, 7) is 2.86. The van der Waals surface area contributed by atoms with Gasteiger partial charge in [0.2, 0.25) is 11.8 Å². The van der Waals surface area contributed by atoms with Crippen molar-refractivity contribution in [3.05, 3.63) is 18.6 Å². The van der Waals surface area contributed by atoms with Gasteiger partial charge in [0.1, 0.15) is 12.4 Å². The zero-order valence-corrected chi connectivity index (χ0v) is 7.88. The Balaban J connectivity index is 1.82. The second-order valence-corrected chi connectivity index (χ2v) is 3.21. The summed E-state index contributed by atoms with van der Waals surface area (Å²) in [5.74, 6) is 0.653. The molecule has 0 atom stereocenters. The van der Waals surface area contributed by atoms with Crippen LogP contribution >= 0.6 is 0 Å². The third kappa shape index (κ3) is 1.81. The predicted octanol–water partition coefficient (Wildman–Crippen LogP) is 0.0861. The van der Waals surface area contributed by atoms with Gasteiger partial charge in [-0.25, -0.2) is 9.97 Å². The smallest absolute Gasteiger partial charge is 0.219 e. The molecule has 1 aliphatic rings. The number of carbonyl (C=O) groups is 1. The van der Waals surface area contributed by atoms with Crippen molar-refractivity contribution in [2.75, 3.05) is 13.1 Å². The summed E-state index contributed by atoms with van der Waals surface area (Å²) in [5, 5.41) is 0. The minimum Gasteiger partial charge on any atom is -0.470 e. The van der Waals surface area contributed by atoms with Crippen LogP contribution in [0.25, 0.3) is 0 Å². The Morgan fingerprint density at radius 3 is 3.00 bits per heavy atom. The fraction of sp³-hybridized carbons (Fsp3) is 0.444. The molecule has 0 N–H and O–H groups in total. The maximum Gasteiger partial charge on any atom is 0.219 e. The van der Waals surface area contributed by atoms with Crippen LogP contribution in [0.1, 0.15) is 6.92 Å². The van der Waals surface area contributed by atoms with E-state index in [-0.39, 0.29) is 12.0 Å². The molecule has 5 nitrogen and oxygen atoms in total. The van der Waals surface area contributed by atoms with Crippen LogP contribution in [0.2, 0.25) is 0 Å². The number of ether oxygens (including phenoxy) is 1. The molecule has 1 saturated heterocycles. The van der Waals surface area contributed by atoms with Crippen LogP contribution < -0.4 is 4.74 Å². The lowest BCUT2D eigenvalue weighted by molar-refractivity contribution is -0.137. The van der Waals surface area contributed by atoms with E-state index in [1.54, 1.807) is 24.1 Å². The fourth-order valence-corrected chi connectivity index (χ4v) is 1.29.